The van der Waals surface area contributed by atoms with Crippen LogP contribution >= 0.6 is 22.7 Å². The Labute approximate surface area is 132 Å². The number of rotatable bonds is 5. The van der Waals surface area contributed by atoms with E-state index in [1.54, 1.807) is 22.7 Å². The van der Waals surface area contributed by atoms with Crippen molar-refractivity contribution in [1.29, 1.82) is 0 Å². The molecule has 4 heteroatoms. The standard InChI is InChI=1S/C17H14N2S2/c1-18-14-7-2-3-8-15(14)19-16(17-9-5-11-21-17)12-13-6-4-10-20-13/h2-11H,1,12H2/b19-16+. The molecule has 2 heterocycles. The van der Waals surface area contributed by atoms with E-state index in [4.69, 9.17) is 4.99 Å². The third-order valence-corrected chi connectivity index (χ3v) is 4.83. The van der Waals surface area contributed by atoms with Crippen LogP contribution in [0.5, 0.6) is 0 Å². The van der Waals surface area contributed by atoms with Crippen LogP contribution in [0, 0.1) is 0 Å². The predicted molar refractivity (Wildman–Crippen MR) is 94.2 cm³/mol. The Morgan fingerprint density at radius 3 is 2.33 bits per heavy atom. The van der Waals surface area contributed by atoms with E-state index in [0.29, 0.717) is 0 Å². The number of hydrogen-bond acceptors (Lipinski definition) is 4. The molecule has 104 valence electrons. The van der Waals surface area contributed by atoms with E-state index in [1.165, 1.54) is 9.75 Å². The van der Waals surface area contributed by atoms with Crippen LogP contribution < -0.4 is 0 Å². The molecule has 21 heavy (non-hydrogen) atoms. The van der Waals surface area contributed by atoms with Crippen LogP contribution in [0.2, 0.25) is 0 Å². The number of para-hydroxylation sites is 2. The van der Waals surface area contributed by atoms with E-state index in [9.17, 15) is 0 Å². The molecular weight excluding hydrogens is 296 g/mol. The van der Waals surface area contributed by atoms with Crippen molar-refractivity contribution >= 4 is 46.5 Å². The maximum Gasteiger partial charge on any atom is 0.0889 e. The Hall–Kier alpha value is -2.04. The van der Waals surface area contributed by atoms with Crippen LogP contribution in [0.4, 0.5) is 11.4 Å². The van der Waals surface area contributed by atoms with E-state index in [0.717, 1.165) is 23.5 Å². The van der Waals surface area contributed by atoms with E-state index < -0.39 is 0 Å². The molecule has 0 saturated carbocycles. The van der Waals surface area contributed by atoms with Gasteiger partial charge in [-0.15, -0.1) is 22.7 Å². The molecule has 0 bridgehead atoms. The van der Waals surface area contributed by atoms with Gasteiger partial charge < -0.3 is 0 Å². The second-order valence-electron chi connectivity index (χ2n) is 4.44. The predicted octanol–water partition coefficient (Wildman–Crippen LogP) is 5.51. The van der Waals surface area contributed by atoms with Gasteiger partial charge in [0.1, 0.15) is 0 Å². The molecule has 0 N–H and O–H groups in total. The Kier molecular flexibility index (Phi) is 4.38. The van der Waals surface area contributed by atoms with Gasteiger partial charge in [0.2, 0.25) is 0 Å². The van der Waals surface area contributed by atoms with Crippen LogP contribution in [0.15, 0.2) is 69.3 Å². The molecule has 0 saturated heterocycles. The van der Waals surface area contributed by atoms with Crippen molar-refractivity contribution in [2.75, 3.05) is 0 Å². The van der Waals surface area contributed by atoms with E-state index >= 15 is 0 Å². The van der Waals surface area contributed by atoms with Crippen LogP contribution in [-0.4, -0.2) is 12.4 Å². The third kappa shape index (κ3) is 3.35. The molecule has 0 amide bonds. The molecule has 0 radical (unpaired) electrons. The van der Waals surface area contributed by atoms with Gasteiger partial charge in [0.05, 0.1) is 17.1 Å². The monoisotopic (exact) mass is 310 g/mol. The van der Waals surface area contributed by atoms with E-state index in [2.05, 4.69) is 46.7 Å². The quantitative estimate of drug-likeness (QED) is 0.555. The Bertz CT molecular complexity index is 741. The van der Waals surface area contributed by atoms with Gasteiger partial charge in [-0.2, -0.15) is 0 Å². The average Bonchev–Trinajstić information content (AvgIpc) is 3.20. The number of nitrogens with zero attached hydrogens (tertiary/aromatic N) is 2. The van der Waals surface area contributed by atoms with Crippen molar-refractivity contribution in [2.45, 2.75) is 6.42 Å². The summed E-state index contributed by atoms with van der Waals surface area (Å²) >= 11 is 3.47. The van der Waals surface area contributed by atoms with Crippen molar-refractivity contribution in [2.24, 2.45) is 9.98 Å². The zero-order chi connectivity index (χ0) is 14.5. The van der Waals surface area contributed by atoms with Crippen molar-refractivity contribution < 1.29 is 0 Å². The fourth-order valence-electron chi connectivity index (χ4n) is 2.04. The maximum absolute atomic E-state index is 4.85. The first-order valence-electron chi connectivity index (χ1n) is 6.56. The summed E-state index contributed by atoms with van der Waals surface area (Å²) in [4.78, 5) is 11.4. The summed E-state index contributed by atoms with van der Waals surface area (Å²) in [5.41, 5.74) is 2.76. The first kappa shape index (κ1) is 13.9. The fourth-order valence-corrected chi connectivity index (χ4v) is 3.46. The second kappa shape index (κ2) is 6.61. The summed E-state index contributed by atoms with van der Waals surface area (Å²) in [6, 6.07) is 16.2. The summed E-state index contributed by atoms with van der Waals surface area (Å²) in [7, 11) is 0. The third-order valence-electron chi connectivity index (χ3n) is 3.03. The summed E-state index contributed by atoms with van der Waals surface area (Å²) in [5.74, 6) is 0. The lowest BCUT2D eigenvalue weighted by atomic mass is 10.2. The molecule has 0 aliphatic heterocycles. The second-order valence-corrected chi connectivity index (χ2v) is 6.42. The van der Waals surface area contributed by atoms with Gasteiger partial charge in [-0.05, 0) is 41.7 Å². The molecule has 2 aromatic heterocycles. The van der Waals surface area contributed by atoms with Crippen molar-refractivity contribution in [3.63, 3.8) is 0 Å². The molecule has 2 nitrogen and oxygen atoms in total. The molecule has 3 rings (SSSR count). The summed E-state index contributed by atoms with van der Waals surface area (Å²) in [6.45, 7) is 3.62. The number of benzene rings is 1. The molecule has 0 spiro atoms. The normalized spacial score (nSPS) is 11.5. The van der Waals surface area contributed by atoms with Crippen molar-refractivity contribution in [3.05, 3.63) is 69.0 Å². The van der Waals surface area contributed by atoms with Crippen molar-refractivity contribution in [3.8, 4) is 0 Å². The van der Waals surface area contributed by atoms with Crippen LogP contribution in [0.25, 0.3) is 0 Å². The molecule has 3 aromatic rings. The van der Waals surface area contributed by atoms with E-state index in [1.807, 2.05) is 24.3 Å². The van der Waals surface area contributed by atoms with Gasteiger partial charge in [0.25, 0.3) is 0 Å². The van der Waals surface area contributed by atoms with Gasteiger partial charge in [-0.3, -0.25) is 4.99 Å². The Morgan fingerprint density at radius 2 is 1.67 bits per heavy atom. The zero-order valence-corrected chi connectivity index (χ0v) is 13.0. The smallest absolute Gasteiger partial charge is 0.0889 e. The first-order valence-corrected chi connectivity index (χ1v) is 8.32. The first-order chi connectivity index (χ1) is 10.4. The van der Waals surface area contributed by atoms with Gasteiger partial charge in [0, 0.05) is 16.2 Å². The Balaban J connectivity index is 2.02. The topological polar surface area (TPSA) is 24.7 Å². The highest BCUT2D eigenvalue weighted by Crippen LogP contribution is 2.29. The molecule has 0 unspecified atom stereocenters. The minimum atomic E-state index is 0.817. The minimum absolute atomic E-state index is 0.817. The van der Waals surface area contributed by atoms with Gasteiger partial charge in [-0.1, -0.05) is 24.3 Å². The summed E-state index contributed by atoms with van der Waals surface area (Å²) < 4.78 is 0. The maximum atomic E-state index is 4.85. The van der Waals surface area contributed by atoms with Crippen LogP contribution in [-0.2, 0) is 6.42 Å². The largest absolute Gasteiger partial charge is 0.262 e. The molecule has 0 aliphatic carbocycles. The number of hydrogen-bond donors (Lipinski definition) is 0. The molecule has 1 aromatic carbocycles. The van der Waals surface area contributed by atoms with Gasteiger partial charge >= 0.3 is 0 Å². The number of thiophene rings is 2. The molecule has 0 atom stereocenters. The highest BCUT2D eigenvalue weighted by atomic mass is 32.1. The average molecular weight is 310 g/mol. The fraction of sp³-hybridized carbons (Fsp3) is 0.0588. The van der Waals surface area contributed by atoms with E-state index in [-0.39, 0.29) is 0 Å². The highest BCUT2D eigenvalue weighted by molar-refractivity contribution is 7.12. The Morgan fingerprint density at radius 1 is 0.905 bits per heavy atom. The minimum Gasteiger partial charge on any atom is -0.262 e. The number of aliphatic imine (C=N–C) groups is 2. The highest BCUT2D eigenvalue weighted by Gasteiger charge is 2.09. The molecular formula is C17H14N2S2. The molecule has 0 aliphatic rings. The van der Waals surface area contributed by atoms with Crippen LogP contribution in [0.3, 0.4) is 0 Å². The summed E-state index contributed by atoms with van der Waals surface area (Å²) in [5, 5.41) is 4.18. The lowest BCUT2D eigenvalue weighted by Gasteiger charge is -2.05. The molecule has 0 fully saturated rings. The SMILES string of the molecule is C=Nc1ccccc1/N=C(\Cc1cccs1)c1cccs1. The zero-order valence-electron chi connectivity index (χ0n) is 11.4. The summed E-state index contributed by atoms with van der Waals surface area (Å²) in [6.07, 6.45) is 0.837. The van der Waals surface area contributed by atoms with Gasteiger partial charge in [-0.25, -0.2) is 4.99 Å². The van der Waals surface area contributed by atoms with Crippen molar-refractivity contribution in [1.82, 2.24) is 0 Å². The lowest BCUT2D eigenvalue weighted by molar-refractivity contribution is 1.36. The lowest BCUT2D eigenvalue weighted by Crippen LogP contribution is -2.01. The van der Waals surface area contributed by atoms with Crippen LogP contribution in [0.1, 0.15) is 9.75 Å². The van der Waals surface area contributed by atoms with Gasteiger partial charge in [0.15, 0.2) is 0 Å².